The number of aryl methyl sites for hydroxylation is 2. The van der Waals surface area contributed by atoms with Gasteiger partial charge < -0.3 is 4.90 Å². The molecule has 0 aromatic heterocycles. The Labute approximate surface area is 206 Å². The van der Waals surface area contributed by atoms with E-state index >= 15 is 0 Å². The summed E-state index contributed by atoms with van der Waals surface area (Å²) in [6, 6.07) is 21.4. The third-order valence-corrected chi connectivity index (χ3v) is 7.58. The summed E-state index contributed by atoms with van der Waals surface area (Å²) in [5.41, 5.74) is 4.41. The lowest BCUT2D eigenvalue weighted by atomic mass is 10.1. The first-order chi connectivity index (χ1) is 16.7. The number of carbonyl (C=O) groups is 1. The van der Waals surface area contributed by atoms with Gasteiger partial charge in [-0.25, -0.2) is 8.42 Å². The molecule has 7 nitrogen and oxygen atoms in total. The molecule has 0 aliphatic carbocycles. The van der Waals surface area contributed by atoms with E-state index in [1.54, 1.807) is 23.1 Å². The van der Waals surface area contributed by atoms with Gasteiger partial charge in [-0.2, -0.15) is 5.26 Å². The first kappa shape index (κ1) is 24.5. The average molecular weight is 489 g/mol. The number of piperazine rings is 1. The van der Waals surface area contributed by atoms with Crippen LogP contribution in [0.5, 0.6) is 0 Å². The second-order valence-electron chi connectivity index (χ2n) is 8.83. The van der Waals surface area contributed by atoms with Crippen LogP contribution in [0.15, 0.2) is 71.6 Å². The van der Waals surface area contributed by atoms with Gasteiger partial charge in [-0.1, -0.05) is 35.9 Å². The van der Waals surface area contributed by atoms with Crippen molar-refractivity contribution in [1.29, 1.82) is 5.26 Å². The number of hydrogen-bond acceptors (Lipinski definition) is 5. The smallest absolute Gasteiger partial charge is 0.261 e. The zero-order valence-corrected chi connectivity index (χ0v) is 20.7. The normalized spacial score (nSPS) is 14.4. The highest BCUT2D eigenvalue weighted by Crippen LogP contribution is 2.22. The summed E-state index contributed by atoms with van der Waals surface area (Å²) in [5.74, 6) is -0.159. The number of nitriles is 1. The lowest BCUT2D eigenvalue weighted by Gasteiger charge is -2.35. The highest BCUT2D eigenvalue weighted by molar-refractivity contribution is 7.92. The third-order valence-electron chi connectivity index (χ3n) is 6.20. The van der Waals surface area contributed by atoms with Crippen LogP contribution in [0.4, 0.5) is 5.69 Å². The van der Waals surface area contributed by atoms with E-state index < -0.39 is 10.0 Å². The van der Waals surface area contributed by atoms with Gasteiger partial charge in [0.1, 0.15) is 0 Å². The molecule has 180 valence electrons. The second-order valence-corrected chi connectivity index (χ2v) is 10.5. The molecule has 1 aliphatic rings. The molecular formula is C27H28N4O3S. The quantitative estimate of drug-likeness (QED) is 0.567. The highest BCUT2D eigenvalue weighted by atomic mass is 32.2. The Kier molecular flexibility index (Phi) is 7.20. The minimum atomic E-state index is -3.83. The van der Waals surface area contributed by atoms with Crippen molar-refractivity contribution in [2.45, 2.75) is 25.3 Å². The molecule has 0 radical (unpaired) electrons. The van der Waals surface area contributed by atoms with E-state index in [-0.39, 0.29) is 10.8 Å². The molecule has 0 spiro atoms. The molecule has 1 saturated heterocycles. The van der Waals surface area contributed by atoms with Crippen LogP contribution in [0.2, 0.25) is 0 Å². The Balaban J connectivity index is 1.42. The predicted octanol–water partition coefficient (Wildman–Crippen LogP) is 3.93. The summed E-state index contributed by atoms with van der Waals surface area (Å²) in [7, 11) is -3.83. The van der Waals surface area contributed by atoms with Crippen LogP contribution in [-0.2, 0) is 16.6 Å². The number of anilines is 1. The molecule has 35 heavy (non-hydrogen) atoms. The molecule has 0 bridgehead atoms. The zero-order valence-electron chi connectivity index (χ0n) is 19.9. The number of benzene rings is 3. The van der Waals surface area contributed by atoms with Gasteiger partial charge in [0.2, 0.25) is 0 Å². The molecule has 1 fully saturated rings. The molecule has 0 saturated carbocycles. The highest BCUT2D eigenvalue weighted by Gasteiger charge is 2.25. The molecule has 3 aromatic rings. The van der Waals surface area contributed by atoms with E-state index in [4.69, 9.17) is 5.26 Å². The molecule has 3 aromatic carbocycles. The van der Waals surface area contributed by atoms with Crippen LogP contribution >= 0.6 is 0 Å². The Bertz CT molecular complexity index is 1350. The molecule has 8 heteroatoms. The van der Waals surface area contributed by atoms with Gasteiger partial charge in [-0.3, -0.25) is 14.4 Å². The number of nitrogens with one attached hydrogen (secondary N) is 1. The Hall–Kier alpha value is -3.67. The van der Waals surface area contributed by atoms with Gasteiger partial charge in [0.15, 0.2) is 0 Å². The third kappa shape index (κ3) is 5.88. The maximum absolute atomic E-state index is 13.3. The van der Waals surface area contributed by atoms with Crippen LogP contribution in [0.1, 0.15) is 32.6 Å². The maximum atomic E-state index is 13.3. The minimum Gasteiger partial charge on any atom is -0.336 e. The van der Waals surface area contributed by atoms with Crippen LogP contribution in [0, 0.1) is 25.2 Å². The molecule has 0 unspecified atom stereocenters. The molecular weight excluding hydrogens is 460 g/mol. The maximum Gasteiger partial charge on any atom is 0.261 e. The number of hydrogen-bond donors (Lipinski definition) is 1. The fourth-order valence-electron chi connectivity index (χ4n) is 4.06. The average Bonchev–Trinajstić information content (AvgIpc) is 2.86. The van der Waals surface area contributed by atoms with Crippen molar-refractivity contribution in [3.05, 3.63) is 94.5 Å². The van der Waals surface area contributed by atoms with Gasteiger partial charge >= 0.3 is 0 Å². The van der Waals surface area contributed by atoms with E-state index in [2.05, 4.69) is 15.7 Å². The molecule has 0 atom stereocenters. The van der Waals surface area contributed by atoms with Crippen molar-refractivity contribution >= 4 is 21.6 Å². The van der Waals surface area contributed by atoms with Gasteiger partial charge in [-0.05, 0) is 61.4 Å². The van der Waals surface area contributed by atoms with Crippen LogP contribution in [-0.4, -0.2) is 50.3 Å². The summed E-state index contributed by atoms with van der Waals surface area (Å²) < 4.78 is 28.5. The lowest BCUT2D eigenvalue weighted by molar-refractivity contribution is 0.0627. The fourth-order valence-corrected chi connectivity index (χ4v) is 5.14. The molecule has 1 amide bonds. The predicted molar refractivity (Wildman–Crippen MR) is 136 cm³/mol. The van der Waals surface area contributed by atoms with Crippen molar-refractivity contribution in [3.63, 3.8) is 0 Å². The molecule has 1 aliphatic heterocycles. The fraction of sp³-hybridized carbons (Fsp3) is 0.259. The topological polar surface area (TPSA) is 93.5 Å². The van der Waals surface area contributed by atoms with E-state index in [0.717, 1.165) is 36.3 Å². The van der Waals surface area contributed by atoms with Crippen molar-refractivity contribution in [3.8, 4) is 6.07 Å². The van der Waals surface area contributed by atoms with Crippen molar-refractivity contribution in [2.24, 2.45) is 0 Å². The number of rotatable bonds is 6. The first-order valence-corrected chi connectivity index (χ1v) is 12.9. The molecule has 4 rings (SSSR count). The SMILES string of the molecule is Cc1ccc(NS(=O)(=O)c2ccc(C)c(C(=O)N3CCN(Cc4ccc(C#N)cc4)CC3)c2)cc1. The van der Waals surface area contributed by atoms with Crippen LogP contribution in [0.3, 0.4) is 0 Å². The van der Waals surface area contributed by atoms with Crippen LogP contribution < -0.4 is 4.72 Å². The van der Waals surface area contributed by atoms with E-state index in [1.807, 2.05) is 50.2 Å². The zero-order chi connectivity index (χ0) is 25.0. The number of amides is 1. The van der Waals surface area contributed by atoms with Gasteiger partial charge in [0.05, 0.1) is 16.5 Å². The van der Waals surface area contributed by atoms with Gasteiger partial charge in [0, 0.05) is 44.0 Å². The first-order valence-electron chi connectivity index (χ1n) is 11.5. The largest absolute Gasteiger partial charge is 0.336 e. The Morgan fingerprint density at radius 2 is 1.60 bits per heavy atom. The molecule has 1 N–H and O–H groups in total. The van der Waals surface area contributed by atoms with E-state index in [0.29, 0.717) is 29.9 Å². The number of sulfonamides is 1. The van der Waals surface area contributed by atoms with E-state index in [1.165, 1.54) is 12.1 Å². The van der Waals surface area contributed by atoms with Gasteiger partial charge in [-0.15, -0.1) is 0 Å². The summed E-state index contributed by atoms with van der Waals surface area (Å²) in [6.07, 6.45) is 0. The minimum absolute atomic E-state index is 0.0616. The van der Waals surface area contributed by atoms with Gasteiger partial charge in [0.25, 0.3) is 15.9 Å². The van der Waals surface area contributed by atoms with Crippen molar-refractivity contribution < 1.29 is 13.2 Å². The Morgan fingerprint density at radius 1 is 0.943 bits per heavy atom. The summed E-state index contributed by atoms with van der Waals surface area (Å²) >= 11 is 0. The second kappa shape index (κ2) is 10.3. The lowest BCUT2D eigenvalue weighted by Crippen LogP contribution is -2.48. The number of nitrogens with zero attached hydrogens (tertiary/aromatic N) is 3. The van der Waals surface area contributed by atoms with Crippen LogP contribution in [0.25, 0.3) is 0 Å². The Morgan fingerprint density at radius 3 is 2.23 bits per heavy atom. The standard InChI is InChI=1S/C27H28N4O3S/c1-20-3-10-24(11-4-20)29-35(33,34)25-12-5-21(2)26(17-25)27(32)31-15-13-30(14-16-31)19-23-8-6-22(18-28)7-9-23/h3-12,17,29H,13-16,19H2,1-2H3. The van der Waals surface area contributed by atoms with Crippen molar-refractivity contribution in [2.75, 3.05) is 30.9 Å². The summed E-state index contributed by atoms with van der Waals surface area (Å²) in [5, 5.41) is 8.95. The monoisotopic (exact) mass is 488 g/mol. The molecule has 1 heterocycles. The number of carbonyl (C=O) groups excluding carboxylic acids is 1. The van der Waals surface area contributed by atoms with E-state index in [9.17, 15) is 13.2 Å². The summed E-state index contributed by atoms with van der Waals surface area (Å²) in [4.78, 5) is 17.4. The summed E-state index contributed by atoms with van der Waals surface area (Å²) in [6.45, 7) is 7.07. The van der Waals surface area contributed by atoms with Crippen molar-refractivity contribution in [1.82, 2.24) is 9.80 Å².